The number of hydrogen-bond donors (Lipinski definition) is 1. The van der Waals surface area contributed by atoms with E-state index in [9.17, 15) is 9.90 Å². The zero-order chi connectivity index (χ0) is 20.0. The topological polar surface area (TPSA) is 60.0 Å². The quantitative estimate of drug-likeness (QED) is 0.358. The molecule has 5 nitrogen and oxygen atoms in total. The Labute approximate surface area is 189 Å². The van der Waals surface area contributed by atoms with Gasteiger partial charge < -0.3 is 9.67 Å². The highest BCUT2D eigenvalue weighted by atomic mass is 127. The van der Waals surface area contributed by atoms with E-state index in [2.05, 4.69) is 91.1 Å². The molecule has 1 N–H and O–H groups in total. The van der Waals surface area contributed by atoms with Crippen LogP contribution < -0.4 is 5.69 Å². The van der Waals surface area contributed by atoms with Gasteiger partial charge in [0.2, 0.25) is 0 Å². The van der Waals surface area contributed by atoms with Crippen LogP contribution in [0.25, 0.3) is 21.8 Å². The van der Waals surface area contributed by atoms with Gasteiger partial charge in [-0.1, -0.05) is 0 Å². The molecule has 7 heteroatoms. The van der Waals surface area contributed by atoms with Gasteiger partial charge in [0.05, 0.1) is 19.2 Å². The molecule has 0 spiro atoms. The Balaban J connectivity index is 1.76. The maximum atomic E-state index is 12.2. The van der Waals surface area contributed by atoms with E-state index >= 15 is 0 Å². The molecule has 0 aliphatic carbocycles. The zero-order valence-electron chi connectivity index (χ0n) is 15.5. The lowest BCUT2D eigenvalue weighted by atomic mass is 10.2. The molecule has 0 unspecified atom stereocenters. The molecular formula is C21H19I2N3O2. The first-order valence-corrected chi connectivity index (χ1v) is 11.1. The first-order valence-electron chi connectivity index (χ1n) is 8.93. The van der Waals surface area contributed by atoms with Crippen LogP contribution in [0.3, 0.4) is 0 Å². The van der Waals surface area contributed by atoms with Gasteiger partial charge in [0.1, 0.15) is 0 Å². The average molecular weight is 599 g/mol. The van der Waals surface area contributed by atoms with Gasteiger partial charge in [-0.25, -0.2) is 4.79 Å². The highest BCUT2D eigenvalue weighted by Gasteiger charge is 2.16. The third kappa shape index (κ3) is 3.71. The maximum Gasteiger partial charge on any atom is 0.348 e. The minimum absolute atomic E-state index is 0.216. The van der Waals surface area contributed by atoms with Crippen LogP contribution in [0.1, 0.15) is 11.4 Å². The number of aryl methyl sites for hydroxylation is 2. The molecule has 2 aromatic carbocycles. The fraction of sp³-hybridized carbons (Fsp3) is 0.238. The molecular weight excluding hydrogens is 580 g/mol. The first kappa shape index (κ1) is 19.8. The lowest BCUT2D eigenvalue weighted by molar-refractivity contribution is 0.134. The van der Waals surface area contributed by atoms with Gasteiger partial charge in [-0.05, 0) is 101 Å². The van der Waals surface area contributed by atoms with E-state index in [0.29, 0.717) is 12.2 Å². The van der Waals surface area contributed by atoms with E-state index in [-0.39, 0.29) is 12.2 Å². The summed E-state index contributed by atoms with van der Waals surface area (Å²) in [5.41, 5.74) is 3.36. The number of nitrogens with zero attached hydrogens (tertiary/aromatic N) is 3. The number of fused-ring (bicyclic) bond motifs is 3. The molecule has 144 valence electrons. The smallest absolute Gasteiger partial charge is 0.348 e. The Hall–Kier alpha value is -1.46. The van der Waals surface area contributed by atoms with Crippen LogP contribution in [0, 0.1) is 21.0 Å². The second kappa shape index (κ2) is 7.75. The maximum absolute atomic E-state index is 12.2. The van der Waals surface area contributed by atoms with Crippen LogP contribution in [0.5, 0.6) is 0 Å². The third-order valence-corrected chi connectivity index (χ3v) is 6.26. The first-order chi connectivity index (χ1) is 13.3. The van der Waals surface area contributed by atoms with Crippen molar-refractivity contribution in [3.05, 3.63) is 71.5 Å². The molecule has 2 aromatic heterocycles. The zero-order valence-corrected chi connectivity index (χ0v) is 19.8. The van der Waals surface area contributed by atoms with Gasteiger partial charge in [-0.3, -0.25) is 4.57 Å². The highest BCUT2D eigenvalue weighted by Crippen LogP contribution is 2.31. The molecule has 0 radical (unpaired) electrons. The van der Waals surface area contributed by atoms with Crippen molar-refractivity contribution in [2.75, 3.05) is 0 Å². The molecule has 0 aliphatic heterocycles. The summed E-state index contributed by atoms with van der Waals surface area (Å²) in [5.74, 6) is 0. The van der Waals surface area contributed by atoms with E-state index in [1.165, 1.54) is 22.5 Å². The Morgan fingerprint density at radius 1 is 0.929 bits per heavy atom. The fourth-order valence-electron chi connectivity index (χ4n) is 3.72. The molecule has 1 atom stereocenters. The molecule has 4 aromatic rings. The number of aliphatic hydroxyl groups is 1. The number of aliphatic hydroxyl groups excluding tert-OH is 1. The number of halogens is 2. The molecule has 0 saturated heterocycles. The molecule has 0 bridgehead atoms. The normalized spacial score (nSPS) is 12.8. The molecule has 4 rings (SSSR count). The second-order valence-electron chi connectivity index (χ2n) is 7.02. The average Bonchev–Trinajstić information content (AvgIpc) is 2.90. The van der Waals surface area contributed by atoms with Crippen LogP contribution in [0.15, 0.2) is 47.3 Å². The second-order valence-corrected chi connectivity index (χ2v) is 9.51. The summed E-state index contributed by atoms with van der Waals surface area (Å²) in [5, 5.41) is 13.2. The number of aromatic nitrogens is 3. The molecule has 0 amide bonds. The summed E-state index contributed by atoms with van der Waals surface area (Å²) in [6.45, 7) is 4.29. The largest absolute Gasteiger partial charge is 0.389 e. The van der Waals surface area contributed by atoms with E-state index in [4.69, 9.17) is 0 Å². The molecule has 28 heavy (non-hydrogen) atoms. The summed E-state index contributed by atoms with van der Waals surface area (Å²) in [6, 6.07) is 14.6. The molecule has 0 fully saturated rings. The Bertz CT molecular complexity index is 1200. The Kier molecular flexibility index (Phi) is 5.49. The minimum Gasteiger partial charge on any atom is -0.389 e. The van der Waals surface area contributed by atoms with Crippen molar-refractivity contribution in [2.24, 2.45) is 0 Å². The lowest BCUT2D eigenvalue weighted by Gasteiger charge is -2.17. The van der Waals surface area contributed by atoms with Crippen molar-refractivity contribution in [1.29, 1.82) is 0 Å². The van der Waals surface area contributed by atoms with Gasteiger partial charge in [-0.15, -0.1) is 0 Å². The Morgan fingerprint density at radius 3 is 2.00 bits per heavy atom. The monoisotopic (exact) mass is 599 g/mol. The van der Waals surface area contributed by atoms with E-state index in [0.717, 1.165) is 16.7 Å². The number of hydrogen-bond acceptors (Lipinski definition) is 3. The lowest BCUT2D eigenvalue weighted by Crippen LogP contribution is -2.32. The van der Waals surface area contributed by atoms with Gasteiger partial charge >= 0.3 is 5.69 Å². The van der Waals surface area contributed by atoms with Crippen LogP contribution >= 0.6 is 45.2 Å². The Morgan fingerprint density at radius 2 is 1.46 bits per heavy atom. The standard InChI is InChI=1S/C21H19I2N3O2/c1-12-7-13(2)25(21(28)24-12)10-16(27)11-26-19-5-3-14(22)8-17(19)18-9-15(23)4-6-20(18)26/h3-9,16,27H,10-11H2,1-2H3/t16-/m0/s1. The van der Waals surface area contributed by atoms with Crippen molar-refractivity contribution in [3.8, 4) is 0 Å². The molecule has 0 saturated carbocycles. The molecule has 0 aliphatic rings. The van der Waals surface area contributed by atoms with Crippen molar-refractivity contribution >= 4 is 67.0 Å². The van der Waals surface area contributed by atoms with E-state index in [1.54, 1.807) is 6.92 Å². The summed E-state index contributed by atoms with van der Waals surface area (Å²) in [7, 11) is 0. The minimum atomic E-state index is -0.710. The summed E-state index contributed by atoms with van der Waals surface area (Å²) in [6.07, 6.45) is -0.710. The van der Waals surface area contributed by atoms with Gasteiger partial charge in [-0.2, -0.15) is 4.98 Å². The van der Waals surface area contributed by atoms with Crippen LogP contribution in [0.2, 0.25) is 0 Å². The summed E-state index contributed by atoms with van der Waals surface area (Å²) < 4.78 is 6.04. The van der Waals surface area contributed by atoms with Gasteiger partial charge in [0.15, 0.2) is 0 Å². The number of benzene rings is 2. The van der Waals surface area contributed by atoms with E-state index in [1.807, 2.05) is 13.0 Å². The molecule has 2 heterocycles. The van der Waals surface area contributed by atoms with Crippen LogP contribution in [-0.4, -0.2) is 25.3 Å². The summed E-state index contributed by atoms with van der Waals surface area (Å²) >= 11 is 4.65. The van der Waals surface area contributed by atoms with Crippen LogP contribution in [0.4, 0.5) is 0 Å². The SMILES string of the molecule is Cc1cc(C)n(C[C@H](O)Cn2c3ccc(I)cc3c3cc(I)ccc32)c(=O)n1. The third-order valence-electron chi connectivity index (χ3n) is 4.92. The summed E-state index contributed by atoms with van der Waals surface area (Å²) in [4.78, 5) is 16.2. The number of rotatable bonds is 4. The fourth-order valence-corrected chi connectivity index (χ4v) is 4.70. The highest BCUT2D eigenvalue weighted by molar-refractivity contribution is 14.1. The van der Waals surface area contributed by atoms with Crippen molar-refractivity contribution in [2.45, 2.75) is 33.0 Å². The van der Waals surface area contributed by atoms with E-state index < -0.39 is 6.10 Å². The predicted octanol–water partition coefficient (Wildman–Crippen LogP) is 4.24. The van der Waals surface area contributed by atoms with Gasteiger partial charge in [0.25, 0.3) is 0 Å². The van der Waals surface area contributed by atoms with Crippen molar-refractivity contribution in [3.63, 3.8) is 0 Å². The van der Waals surface area contributed by atoms with Crippen molar-refractivity contribution < 1.29 is 5.11 Å². The van der Waals surface area contributed by atoms with Gasteiger partial charge in [0, 0.05) is 40.3 Å². The predicted molar refractivity (Wildman–Crippen MR) is 129 cm³/mol. The van der Waals surface area contributed by atoms with Crippen molar-refractivity contribution in [1.82, 2.24) is 14.1 Å². The van der Waals surface area contributed by atoms with Crippen LogP contribution in [-0.2, 0) is 13.1 Å².